The van der Waals surface area contributed by atoms with Crippen LogP contribution >= 0.6 is 23.2 Å². The molecular weight excluding hydrogens is 249 g/mol. The number of rotatable bonds is 2. The van der Waals surface area contributed by atoms with Gasteiger partial charge in [0.2, 0.25) is 0 Å². The number of benzene rings is 1. The molecule has 3 nitrogen and oxygen atoms in total. The van der Waals surface area contributed by atoms with E-state index >= 15 is 0 Å². The van der Waals surface area contributed by atoms with Gasteiger partial charge in [-0.1, -0.05) is 28.4 Å². The fourth-order valence-corrected chi connectivity index (χ4v) is 1.86. The van der Waals surface area contributed by atoms with Crippen LogP contribution in [0.1, 0.15) is 5.76 Å². The molecule has 0 aliphatic rings. The molecule has 1 N–H and O–H groups in total. The molecular formula is C11H7Cl2NO2. The molecule has 0 aliphatic carbocycles. The van der Waals surface area contributed by atoms with Crippen molar-refractivity contribution < 1.29 is 9.62 Å². The fraction of sp³-hybridized carbons (Fsp3) is 0. The van der Waals surface area contributed by atoms with E-state index in [1.807, 2.05) is 0 Å². The van der Waals surface area contributed by atoms with E-state index in [1.165, 1.54) is 6.21 Å². The Hall–Kier alpha value is -1.45. The van der Waals surface area contributed by atoms with Gasteiger partial charge in [0.1, 0.15) is 17.7 Å². The fourth-order valence-electron chi connectivity index (χ4n) is 1.33. The van der Waals surface area contributed by atoms with Crippen molar-refractivity contribution in [2.24, 2.45) is 5.16 Å². The van der Waals surface area contributed by atoms with E-state index in [9.17, 15) is 0 Å². The molecule has 0 saturated carbocycles. The maximum atomic E-state index is 8.35. The molecule has 0 aliphatic heterocycles. The van der Waals surface area contributed by atoms with Gasteiger partial charge in [0.05, 0.1) is 0 Å². The Morgan fingerprint density at radius 2 is 1.81 bits per heavy atom. The van der Waals surface area contributed by atoms with Gasteiger partial charge in [-0.15, -0.1) is 0 Å². The van der Waals surface area contributed by atoms with E-state index < -0.39 is 0 Å². The van der Waals surface area contributed by atoms with Crippen LogP contribution in [0, 0.1) is 0 Å². The molecule has 1 heterocycles. The third kappa shape index (κ3) is 2.38. The van der Waals surface area contributed by atoms with Gasteiger partial charge in [0.15, 0.2) is 0 Å². The number of hydrogen-bond donors (Lipinski definition) is 1. The van der Waals surface area contributed by atoms with Crippen molar-refractivity contribution in [3.05, 3.63) is 46.1 Å². The number of oxime groups is 1. The molecule has 1 aromatic heterocycles. The van der Waals surface area contributed by atoms with Crippen molar-refractivity contribution in [3.63, 3.8) is 0 Å². The minimum atomic E-state index is 0.452. The van der Waals surface area contributed by atoms with E-state index in [0.29, 0.717) is 21.6 Å². The summed E-state index contributed by atoms with van der Waals surface area (Å²) in [6.45, 7) is 0. The number of furan rings is 1. The minimum absolute atomic E-state index is 0.452. The van der Waals surface area contributed by atoms with Crippen molar-refractivity contribution >= 4 is 29.4 Å². The van der Waals surface area contributed by atoms with Crippen LogP contribution in [0.15, 0.2) is 39.9 Å². The topological polar surface area (TPSA) is 45.7 Å². The highest BCUT2D eigenvalue weighted by molar-refractivity contribution is 6.35. The van der Waals surface area contributed by atoms with E-state index in [1.54, 1.807) is 30.3 Å². The molecule has 0 amide bonds. The zero-order chi connectivity index (χ0) is 11.5. The van der Waals surface area contributed by atoms with Gasteiger partial charge in [-0.2, -0.15) is 0 Å². The molecule has 0 spiro atoms. The number of hydrogen-bond acceptors (Lipinski definition) is 3. The van der Waals surface area contributed by atoms with Crippen LogP contribution in [-0.2, 0) is 0 Å². The second-order valence-corrected chi connectivity index (χ2v) is 3.98. The average molecular weight is 256 g/mol. The first kappa shape index (κ1) is 11.0. The number of nitrogens with zero attached hydrogens (tertiary/aromatic N) is 1. The summed E-state index contributed by atoms with van der Waals surface area (Å²) in [7, 11) is 0. The van der Waals surface area contributed by atoms with Crippen molar-refractivity contribution in [1.82, 2.24) is 0 Å². The second kappa shape index (κ2) is 4.60. The lowest BCUT2D eigenvalue weighted by molar-refractivity contribution is 0.321. The Labute approximate surface area is 102 Å². The monoisotopic (exact) mass is 255 g/mol. The Balaban J connectivity index is 2.42. The second-order valence-electron chi connectivity index (χ2n) is 3.10. The lowest BCUT2D eigenvalue weighted by Crippen LogP contribution is -1.76. The van der Waals surface area contributed by atoms with Crippen LogP contribution in [0.3, 0.4) is 0 Å². The van der Waals surface area contributed by atoms with Gasteiger partial charge in [-0.25, -0.2) is 0 Å². The van der Waals surface area contributed by atoms with Crippen LogP contribution in [0.4, 0.5) is 0 Å². The summed E-state index contributed by atoms with van der Waals surface area (Å²) in [4.78, 5) is 0. The summed E-state index contributed by atoms with van der Waals surface area (Å²) >= 11 is 11.8. The van der Waals surface area contributed by atoms with Crippen LogP contribution in [0.5, 0.6) is 0 Å². The third-order valence-electron chi connectivity index (χ3n) is 1.96. The van der Waals surface area contributed by atoms with Crippen molar-refractivity contribution in [1.29, 1.82) is 0 Å². The lowest BCUT2D eigenvalue weighted by Gasteiger charge is -1.99. The summed E-state index contributed by atoms with van der Waals surface area (Å²) in [5, 5.41) is 12.3. The molecule has 1 aromatic carbocycles. The third-order valence-corrected chi connectivity index (χ3v) is 2.40. The Morgan fingerprint density at radius 3 is 2.44 bits per heavy atom. The normalized spacial score (nSPS) is 11.1. The van der Waals surface area contributed by atoms with Gasteiger partial charge >= 0.3 is 0 Å². The summed E-state index contributed by atoms with van der Waals surface area (Å²) in [5.74, 6) is 1.06. The predicted octanol–water partition coefficient (Wildman–Crippen LogP) is 4.06. The van der Waals surface area contributed by atoms with Gasteiger partial charge in [-0.05, 0) is 30.3 Å². The van der Waals surface area contributed by atoms with Crippen molar-refractivity contribution in [2.45, 2.75) is 0 Å². The van der Waals surface area contributed by atoms with Crippen LogP contribution in [-0.4, -0.2) is 11.4 Å². The van der Waals surface area contributed by atoms with Crippen LogP contribution in [0.2, 0.25) is 10.0 Å². The van der Waals surface area contributed by atoms with Gasteiger partial charge in [-0.3, -0.25) is 0 Å². The molecule has 0 atom stereocenters. The first-order valence-electron chi connectivity index (χ1n) is 4.43. The average Bonchev–Trinajstić information content (AvgIpc) is 2.65. The zero-order valence-electron chi connectivity index (χ0n) is 8.02. The van der Waals surface area contributed by atoms with E-state index in [2.05, 4.69) is 5.16 Å². The first-order chi connectivity index (χ1) is 7.69. The summed E-state index contributed by atoms with van der Waals surface area (Å²) in [5.41, 5.74) is 0.773. The smallest absolute Gasteiger partial charge is 0.149 e. The minimum Gasteiger partial charge on any atom is -0.455 e. The standard InChI is InChI=1S/C11H7Cl2NO2/c12-8-3-7(4-9(13)5-8)11-2-1-10(16-11)6-14-15/h1-6,15H/b14-6-. The van der Waals surface area contributed by atoms with E-state index in [-0.39, 0.29) is 0 Å². The highest BCUT2D eigenvalue weighted by Gasteiger charge is 2.05. The molecule has 2 aromatic rings. The van der Waals surface area contributed by atoms with Gasteiger partial charge in [0.25, 0.3) is 0 Å². The van der Waals surface area contributed by atoms with Gasteiger partial charge in [0, 0.05) is 15.6 Å². The van der Waals surface area contributed by atoms with Crippen LogP contribution < -0.4 is 0 Å². The van der Waals surface area contributed by atoms with Gasteiger partial charge < -0.3 is 9.62 Å². The lowest BCUT2D eigenvalue weighted by atomic mass is 10.2. The predicted molar refractivity (Wildman–Crippen MR) is 63.5 cm³/mol. The Kier molecular flexibility index (Phi) is 3.17. The Morgan fingerprint density at radius 1 is 1.12 bits per heavy atom. The summed E-state index contributed by atoms with van der Waals surface area (Å²) in [6.07, 6.45) is 1.20. The van der Waals surface area contributed by atoms with E-state index in [0.717, 1.165) is 5.56 Å². The maximum Gasteiger partial charge on any atom is 0.149 e. The van der Waals surface area contributed by atoms with E-state index in [4.69, 9.17) is 32.8 Å². The summed E-state index contributed by atoms with van der Waals surface area (Å²) in [6, 6.07) is 8.56. The largest absolute Gasteiger partial charge is 0.455 e. The zero-order valence-corrected chi connectivity index (χ0v) is 9.53. The molecule has 82 valence electrons. The molecule has 0 fully saturated rings. The first-order valence-corrected chi connectivity index (χ1v) is 5.18. The summed E-state index contributed by atoms with van der Waals surface area (Å²) < 4.78 is 5.39. The molecule has 0 saturated heterocycles. The molecule has 5 heteroatoms. The van der Waals surface area contributed by atoms with Crippen molar-refractivity contribution in [2.75, 3.05) is 0 Å². The SMILES string of the molecule is O/N=C\c1ccc(-c2cc(Cl)cc(Cl)c2)o1. The van der Waals surface area contributed by atoms with Crippen LogP contribution in [0.25, 0.3) is 11.3 Å². The Bertz CT molecular complexity index is 514. The molecule has 0 radical (unpaired) electrons. The maximum absolute atomic E-state index is 8.35. The molecule has 0 bridgehead atoms. The van der Waals surface area contributed by atoms with Crippen molar-refractivity contribution in [3.8, 4) is 11.3 Å². The number of halogens is 2. The highest BCUT2D eigenvalue weighted by Crippen LogP contribution is 2.28. The highest BCUT2D eigenvalue weighted by atomic mass is 35.5. The molecule has 16 heavy (non-hydrogen) atoms. The molecule has 2 rings (SSSR count). The molecule has 0 unspecified atom stereocenters. The quantitative estimate of drug-likeness (QED) is 0.500.